The van der Waals surface area contributed by atoms with E-state index in [0.29, 0.717) is 16.9 Å². The van der Waals surface area contributed by atoms with Crippen molar-refractivity contribution in [3.63, 3.8) is 0 Å². The number of hydrogen-bond acceptors (Lipinski definition) is 3. The van der Waals surface area contributed by atoms with Gasteiger partial charge in [0.25, 0.3) is 5.97 Å². The number of quaternary nitrogens is 1. The second kappa shape index (κ2) is 22.8. The molecule has 0 bridgehead atoms. The maximum atomic E-state index is 11.3. The zero-order valence-electron chi connectivity index (χ0n) is 19.9. The quantitative estimate of drug-likeness (QED) is 0.150. The van der Waals surface area contributed by atoms with Gasteiger partial charge in [-0.1, -0.05) is 70.4 Å². The van der Waals surface area contributed by atoms with Crippen LogP contribution in [0.3, 0.4) is 0 Å². The van der Waals surface area contributed by atoms with E-state index in [1.165, 1.54) is 70.6 Å². The Balaban J connectivity index is 0. The number of nitrogens with zero attached hydrogens (tertiary/aromatic N) is 1. The Kier molecular flexibility index (Phi) is 24.3. The van der Waals surface area contributed by atoms with Gasteiger partial charge in [0.15, 0.2) is 0 Å². The van der Waals surface area contributed by atoms with Gasteiger partial charge in [0, 0.05) is 6.42 Å². The molecule has 0 unspecified atom stereocenters. The van der Waals surface area contributed by atoms with Gasteiger partial charge in [-0.15, -0.1) is 0 Å². The highest BCUT2D eigenvalue weighted by Crippen LogP contribution is 2.10. The molecule has 0 heterocycles. The summed E-state index contributed by atoms with van der Waals surface area (Å²) >= 11 is 0. The molecule has 0 N–H and O–H groups in total. The van der Waals surface area contributed by atoms with Crippen LogP contribution in [0.15, 0.2) is 12.2 Å². The lowest BCUT2D eigenvalue weighted by molar-refractivity contribution is -0.849. The molecule has 0 radical (unpaired) electrons. The zero-order valence-corrected chi connectivity index (χ0v) is 23.3. The number of hydrogen-bond donors (Lipinski definition) is 0. The van der Waals surface area contributed by atoms with Crippen molar-refractivity contribution in [3.05, 3.63) is 12.2 Å². The Hall–Kier alpha value is -0.436. The Morgan fingerprint density at radius 1 is 0.821 bits per heavy atom. The molecule has 168 valence electrons. The van der Waals surface area contributed by atoms with Gasteiger partial charge in [0.1, 0.15) is 10.5 Å². The van der Waals surface area contributed by atoms with Crippen LogP contribution < -0.4 is 0 Å². The van der Waals surface area contributed by atoms with E-state index in [1.807, 2.05) is 0 Å². The molecule has 0 aliphatic heterocycles. The molecule has 4 nitrogen and oxygen atoms in total. The predicted octanol–water partition coefficient (Wildman–Crippen LogP) is 4.19. The molecule has 0 aromatic rings. The van der Waals surface area contributed by atoms with Crippen LogP contribution in [0.4, 0.5) is 0 Å². The third-order valence-corrected chi connectivity index (χ3v) is 5.36. The molecule has 0 rings (SSSR count). The van der Waals surface area contributed by atoms with E-state index in [0.717, 1.165) is 17.3 Å². The second-order valence-corrected chi connectivity index (χ2v) is 11.8. The Morgan fingerprint density at radius 2 is 1.25 bits per heavy atom. The van der Waals surface area contributed by atoms with Gasteiger partial charge in [-0.05, 0) is 32.1 Å². The summed E-state index contributed by atoms with van der Waals surface area (Å²) in [6, 6.07) is 0. The van der Waals surface area contributed by atoms with Crippen molar-refractivity contribution in [2.75, 3.05) is 28.2 Å². The van der Waals surface area contributed by atoms with Crippen LogP contribution >= 0.6 is 0 Å². The van der Waals surface area contributed by atoms with Crippen LogP contribution in [0, 0.1) is 0 Å². The summed E-state index contributed by atoms with van der Waals surface area (Å²) in [5.74, 6) is -0.0647. The highest BCUT2D eigenvalue weighted by molar-refractivity contribution is 6.30. The third kappa shape index (κ3) is 36.5. The molecule has 28 heavy (non-hydrogen) atoms. The van der Waals surface area contributed by atoms with Gasteiger partial charge in [-0.3, -0.25) is 4.79 Å². The predicted molar refractivity (Wildman–Crippen MR) is 129 cm³/mol. The van der Waals surface area contributed by atoms with Crippen molar-refractivity contribution in [1.29, 1.82) is 0 Å². The molecule has 0 spiro atoms. The van der Waals surface area contributed by atoms with Crippen LogP contribution in [-0.4, -0.2) is 59.1 Å². The van der Waals surface area contributed by atoms with Crippen molar-refractivity contribution >= 4 is 26.5 Å². The van der Waals surface area contributed by atoms with Gasteiger partial charge in [0.2, 0.25) is 0 Å². The molecule has 0 aliphatic rings. The fourth-order valence-corrected chi connectivity index (χ4v) is 3.28. The molecule has 0 amide bonds. The fourth-order valence-electron chi connectivity index (χ4n) is 2.54. The molecule has 0 aromatic heterocycles. The van der Waals surface area contributed by atoms with E-state index < -0.39 is 10.0 Å². The van der Waals surface area contributed by atoms with Crippen LogP contribution in [0.2, 0.25) is 0 Å². The number of unbranched alkanes of at least 4 members (excludes halogenated alkanes) is 11. The van der Waals surface area contributed by atoms with E-state index in [-0.39, 0.29) is 5.97 Å². The van der Waals surface area contributed by atoms with E-state index in [1.54, 1.807) is 0 Å². The maximum Gasteiger partial charge on any atom is 0.358 e. The first-order valence-corrected chi connectivity index (χ1v) is 13.4. The average Bonchev–Trinajstić information content (AvgIpc) is 2.61. The first-order valence-electron chi connectivity index (χ1n) is 11.4. The van der Waals surface area contributed by atoms with Gasteiger partial charge in [-0.2, -0.15) is 0 Å². The van der Waals surface area contributed by atoms with E-state index >= 15 is 0 Å². The summed E-state index contributed by atoms with van der Waals surface area (Å²) in [5, 5.41) is 0. The van der Waals surface area contributed by atoms with Crippen molar-refractivity contribution in [3.8, 4) is 0 Å². The van der Waals surface area contributed by atoms with Gasteiger partial charge in [0.05, 0.1) is 28.2 Å². The molecule has 0 saturated heterocycles. The minimum Gasteiger partial charge on any atom is -0.500 e. The summed E-state index contributed by atoms with van der Waals surface area (Å²) in [6.45, 7) is 2.27. The summed E-state index contributed by atoms with van der Waals surface area (Å²) in [4.78, 5) is 11.3. The van der Waals surface area contributed by atoms with Gasteiger partial charge >= 0.3 is 10.0 Å². The van der Waals surface area contributed by atoms with Gasteiger partial charge < -0.3 is 13.0 Å². The first kappa shape index (κ1) is 29.8. The summed E-state index contributed by atoms with van der Waals surface area (Å²) in [7, 11) is 8.19. The molecule has 6 heteroatoms. The largest absolute Gasteiger partial charge is 0.500 e. The van der Waals surface area contributed by atoms with Crippen molar-refractivity contribution < 1.29 is 17.8 Å². The molecule has 0 atom stereocenters. The number of carbonyl (C=O) groups excluding carboxylic acids is 1. The topological polar surface area (TPSA) is 35.5 Å². The number of rotatable bonds is 17. The fraction of sp³-hybridized carbons (Fsp3) is 0.864. The van der Waals surface area contributed by atoms with Crippen LogP contribution in [0.5, 0.6) is 0 Å². The van der Waals surface area contributed by atoms with Crippen LogP contribution in [0.1, 0.15) is 96.8 Å². The normalized spacial score (nSPS) is 11.9. The van der Waals surface area contributed by atoms with Gasteiger partial charge in [-0.25, -0.2) is 0 Å². The third-order valence-electron chi connectivity index (χ3n) is 3.98. The Morgan fingerprint density at radius 3 is 1.71 bits per heavy atom. The summed E-state index contributed by atoms with van der Waals surface area (Å²) < 4.78 is 11.0. The lowest BCUT2D eigenvalue weighted by atomic mass is 10.1. The Labute approximate surface area is 181 Å². The minimum absolute atomic E-state index is 0.0647. The lowest BCUT2D eigenvalue weighted by Crippen LogP contribution is -2.27. The monoisotopic (exact) mass is 432 g/mol. The van der Waals surface area contributed by atoms with E-state index in [4.69, 9.17) is 8.54 Å². The van der Waals surface area contributed by atoms with E-state index in [9.17, 15) is 4.79 Å². The minimum atomic E-state index is -0.987. The summed E-state index contributed by atoms with van der Waals surface area (Å²) in [5.41, 5.74) is 0. The van der Waals surface area contributed by atoms with Crippen molar-refractivity contribution in [2.45, 2.75) is 96.8 Å². The van der Waals surface area contributed by atoms with Crippen LogP contribution in [-0.2, 0) is 13.3 Å². The van der Waals surface area contributed by atoms with Crippen molar-refractivity contribution in [1.82, 2.24) is 0 Å². The van der Waals surface area contributed by atoms with Crippen LogP contribution in [0.25, 0.3) is 0 Å². The number of carbonyl (C=O) groups is 1. The maximum absolute atomic E-state index is 11.3. The SMILES string of the molecule is CCCCCCCC/C=C\CCCCCCCC(=O)O[SiH2]O[SiH3].C[N+](C)(C)C. The van der Waals surface area contributed by atoms with E-state index in [2.05, 4.69) is 47.3 Å². The molecule has 0 fully saturated rings. The highest BCUT2D eigenvalue weighted by Gasteiger charge is 2.01. The molecular formula is C22H50NO3Si2+. The molecular weight excluding hydrogens is 382 g/mol. The average molecular weight is 433 g/mol. The zero-order chi connectivity index (χ0) is 21.5. The highest BCUT2D eigenvalue weighted by atomic mass is 28.3. The molecule has 0 aliphatic carbocycles. The number of allylic oxidation sites excluding steroid dienone is 2. The molecule has 0 saturated carbocycles. The molecule has 0 aromatic carbocycles. The summed E-state index contributed by atoms with van der Waals surface area (Å²) in [6.07, 6.45) is 21.9. The second-order valence-electron chi connectivity index (χ2n) is 8.94. The lowest BCUT2D eigenvalue weighted by Gasteiger charge is -2.14. The first-order chi connectivity index (χ1) is 13.3. The Bertz CT molecular complexity index is 352. The smallest absolute Gasteiger partial charge is 0.358 e. The van der Waals surface area contributed by atoms with Crippen molar-refractivity contribution in [2.24, 2.45) is 0 Å². The standard InChI is InChI=1S/C18H38O3Si2.C4H12N/c1-2-3-4-5-6-7-8-9-10-11-12-13-14-15-16-17-18(19)20-23-21-22;1-5(2,3)4/h9-10H,2-8,11-17,23H2,1,22H3;1-4H3/q;+1/b10-9-;.